The van der Waals surface area contributed by atoms with Gasteiger partial charge in [-0.15, -0.1) is 0 Å². The summed E-state index contributed by atoms with van der Waals surface area (Å²) in [5, 5.41) is 11.7. The molecule has 2 rings (SSSR count). The van der Waals surface area contributed by atoms with E-state index in [4.69, 9.17) is 10.9 Å². The summed E-state index contributed by atoms with van der Waals surface area (Å²) in [6, 6.07) is 4.50. The van der Waals surface area contributed by atoms with Crippen molar-refractivity contribution in [3.63, 3.8) is 0 Å². The smallest absolute Gasteiger partial charge is 0.188 e. The maximum absolute atomic E-state index is 8.71. The molecule has 1 aromatic rings. The van der Waals surface area contributed by atoms with Gasteiger partial charge in [0.15, 0.2) is 5.84 Å². The van der Waals surface area contributed by atoms with Gasteiger partial charge in [-0.1, -0.05) is 12.1 Å². The number of aromatic nitrogens is 1. The van der Waals surface area contributed by atoms with E-state index in [1.807, 2.05) is 12.1 Å². The Bertz CT molecular complexity index is 491. The zero-order chi connectivity index (χ0) is 15.2. The molecule has 0 spiro atoms. The summed E-state index contributed by atoms with van der Waals surface area (Å²) >= 11 is 0. The van der Waals surface area contributed by atoms with Crippen LogP contribution in [0.3, 0.4) is 0 Å². The molecule has 21 heavy (non-hydrogen) atoms. The van der Waals surface area contributed by atoms with Gasteiger partial charge in [0.1, 0.15) is 5.69 Å². The molecule has 6 nitrogen and oxygen atoms in total. The summed E-state index contributed by atoms with van der Waals surface area (Å²) in [5.74, 6) is 0.0486. The summed E-state index contributed by atoms with van der Waals surface area (Å²) in [5.41, 5.74) is 7.21. The van der Waals surface area contributed by atoms with Crippen molar-refractivity contribution >= 4 is 5.84 Å². The fourth-order valence-corrected chi connectivity index (χ4v) is 3.02. The Morgan fingerprint density at radius 1 is 1.62 bits per heavy atom. The normalized spacial score (nSPS) is 20.3. The number of hydrogen-bond acceptors (Lipinski definition) is 5. The van der Waals surface area contributed by atoms with Gasteiger partial charge in [0.25, 0.3) is 0 Å². The monoisotopic (exact) mass is 291 g/mol. The fraction of sp³-hybridized carbons (Fsp3) is 0.600. The highest BCUT2D eigenvalue weighted by Crippen LogP contribution is 2.18. The minimum absolute atomic E-state index is 0.0486. The molecule has 116 valence electrons. The van der Waals surface area contributed by atoms with Crippen molar-refractivity contribution in [2.75, 3.05) is 26.7 Å². The maximum Gasteiger partial charge on any atom is 0.188 e. The molecule has 0 bridgehead atoms. The third-order valence-electron chi connectivity index (χ3n) is 4.07. The summed E-state index contributed by atoms with van der Waals surface area (Å²) in [6.07, 6.45) is 4.28. The molecule has 3 N–H and O–H groups in total. The number of nitrogens with two attached hydrogens (primary N) is 1. The number of pyridine rings is 1. The summed E-state index contributed by atoms with van der Waals surface area (Å²) in [4.78, 5) is 8.97. The van der Waals surface area contributed by atoms with E-state index in [0.29, 0.717) is 11.7 Å². The van der Waals surface area contributed by atoms with Crippen LogP contribution in [0.2, 0.25) is 0 Å². The average Bonchev–Trinajstić information content (AvgIpc) is 2.93. The molecule has 1 aliphatic rings. The Morgan fingerprint density at radius 3 is 3.14 bits per heavy atom. The van der Waals surface area contributed by atoms with Crippen LogP contribution in [0.15, 0.2) is 23.5 Å². The SMILES string of the molecule is CCN1CCCC1CN(C)Cc1ccnc(C(N)=NO)c1. The first kappa shape index (κ1) is 15.7. The van der Waals surface area contributed by atoms with Gasteiger partial charge in [-0.2, -0.15) is 0 Å². The molecule has 1 aromatic heterocycles. The zero-order valence-corrected chi connectivity index (χ0v) is 12.9. The van der Waals surface area contributed by atoms with Gasteiger partial charge in [0.05, 0.1) is 0 Å². The molecule has 0 saturated carbocycles. The molecule has 0 radical (unpaired) electrons. The lowest BCUT2D eigenvalue weighted by Crippen LogP contribution is -2.38. The van der Waals surface area contributed by atoms with Crippen LogP contribution in [-0.4, -0.2) is 58.6 Å². The van der Waals surface area contributed by atoms with Gasteiger partial charge < -0.3 is 15.8 Å². The van der Waals surface area contributed by atoms with Crippen molar-refractivity contribution in [1.82, 2.24) is 14.8 Å². The van der Waals surface area contributed by atoms with Gasteiger partial charge in [0.2, 0.25) is 0 Å². The van der Waals surface area contributed by atoms with Crippen molar-refractivity contribution in [3.05, 3.63) is 29.6 Å². The quantitative estimate of drug-likeness (QED) is 0.355. The van der Waals surface area contributed by atoms with E-state index in [-0.39, 0.29) is 5.84 Å². The second kappa shape index (κ2) is 7.38. The summed E-state index contributed by atoms with van der Waals surface area (Å²) in [6.45, 7) is 6.47. The first-order valence-electron chi connectivity index (χ1n) is 7.49. The number of hydrogen-bond donors (Lipinski definition) is 2. The van der Waals surface area contributed by atoms with Crippen LogP contribution in [0.4, 0.5) is 0 Å². The molecule has 1 fully saturated rings. The Labute approximate surface area is 126 Å². The lowest BCUT2D eigenvalue weighted by molar-refractivity contribution is 0.195. The average molecular weight is 291 g/mol. The van der Waals surface area contributed by atoms with E-state index in [9.17, 15) is 0 Å². The standard InChI is InChI=1S/C15H25N5O/c1-3-20-8-4-5-13(20)11-19(2)10-12-6-7-17-14(9-12)15(16)18-21/h6-7,9,13,21H,3-5,8,10-11H2,1-2H3,(H2,16,18). The predicted molar refractivity (Wildman–Crippen MR) is 83.4 cm³/mol. The van der Waals surface area contributed by atoms with Gasteiger partial charge >= 0.3 is 0 Å². The Balaban J connectivity index is 1.95. The molecule has 6 heteroatoms. The third kappa shape index (κ3) is 4.15. The minimum atomic E-state index is 0.0486. The van der Waals surface area contributed by atoms with Crippen LogP contribution < -0.4 is 5.73 Å². The highest BCUT2D eigenvalue weighted by Gasteiger charge is 2.23. The predicted octanol–water partition coefficient (Wildman–Crippen LogP) is 1.09. The van der Waals surface area contributed by atoms with Crippen LogP contribution >= 0.6 is 0 Å². The molecular weight excluding hydrogens is 266 g/mol. The molecule has 2 heterocycles. The van der Waals surface area contributed by atoms with Crippen molar-refractivity contribution in [2.24, 2.45) is 10.9 Å². The van der Waals surface area contributed by atoms with E-state index in [1.165, 1.54) is 19.4 Å². The van der Waals surface area contributed by atoms with Crippen molar-refractivity contribution in [3.8, 4) is 0 Å². The van der Waals surface area contributed by atoms with Crippen molar-refractivity contribution in [1.29, 1.82) is 0 Å². The van der Waals surface area contributed by atoms with Crippen LogP contribution in [-0.2, 0) is 6.54 Å². The molecule has 1 atom stereocenters. The van der Waals surface area contributed by atoms with E-state index >= 15 is 0 Å². The van der Waals surface area contributed by atoms with E-state index in [2.05, 4.69) is 33.9 Å². The molecule has 1 unspecified atom stereocenters. The van der Waals surface area contributed by atoms with E-state index < -0.39 is 0 Å². The summed E-state index contributed by atoms with van der Waals surface area (Å²) in [7, 11) is 2.13. The van der Waals surface area contributed by atoms with Gasteiger partial charge in [-0.3, -0.25) is 9.88 Å². The Morgan fingerprint density at radius 2 is 2.43 bits per heavy atom. The van der Waals surface area contributed by atoms with E-state index in [1.54, 1.807) is 6.20 Å². The Kier molecular flexibility index (Phi) is 5.52. The van der Waals surface area contributed by atoms with Crippen LogP contribution in [0, 0.1) is 0 Å². The van der Waals surface area contributed by atoms with Crippen molar-refractivity contribution in [2.45, 2.75) is 32.4 Å². The molecule has 1 saturated heterocycles. The molecule has 1 aliphatic heterocycles. The maximum atomic E-state index is 8.71. The second-order valence-corrected chi connectivity index (χ2v) is 5.66. The number of oxime groups is 1. The minimum Gasteiger partial charge on any atom is -0.409 e. The Hall–Kier alpha value is -1.66. The lowest BCUT2D eigenvalue weighted by Gasteiger charge is -2.27. The number of likely N-dealkylation sites (tertiary alicyclic amines) is 1. The topological polar surface area (TPSA) is 78.0 Å². The number of nitrogens with zero attached hydrogens (tertiary/aromatic N) is 4. The molecular formula is C15H25N5O. The third-order valence-corrected chi connectivity index (χ3v) is 4.07. The van der Waals surface area contributed by atoms with E-state index in [0.717, 1.165) is 25.2 Å². The van der Waals surface area contributed by atoms with Gasteiger partial charge in [-0.05, 0) is 50.7 Å². The molecule has 0 aliphatic carbocycles. The fourth-order valence-electron chi connectivity index (χ4n) is 3.02. The summed E-state index contributed by atoms with van der Waals surface area (Å²) < 4.78 is 0. The molecule has 0 amide bonds. The largest absolute Gasteiger partial charge is 0.409 e. The zero-order valence-electron chi connectivity index (χ0n) is 12.9. The highest BCUT2D eigenvalue weighted by molar-refractivity contribution is 5.95. The number of amidine groups is 1. The first-order valence-corrected chi connectivity index (χ1v) is 7.49. The number of rotatable bonds is 6. The van der Waals surface area contributed by atoms with Crippen molar-refractivity contribution < 1.29 is 5.21 Å². The molecule has 0 aromatic carbocycles. The van der Waals surface area contributed by atoms with Gasteiger partial charge in [-0.25, -0.2) is 0 Å². The van der Waals surface area contributed by atoms with Gasteiger partial charge in [0, 0.05) is 25.3 Å². The lowest BCUT2D eigenvalue weighted by atomic mass is 10.1. The number of likely N-dealkylation sites (N-methyl/N-ethyl adjacent to an activating group) is 2. The first-order chi connectivity index (χ1) is 10.1. The van der Waals surface area contributed by atoms with Crippen LogP contribution in [0.5, 0.6) is 0 Å². The second-order valence-electron chi connectivity index (χ2n) is 5.66. The highest BCUT2D eigenvalue weighted by atomic mass is 16.4. The van der Waals surface area contributed by atoms with Crippen LogP contribution in [0.1, 0.15) is 31.0 Å². The van der Waals surface area contributed by atoms with Crippen LogP contribution in [0.25, 0.3) is 0 Å².